The number of nitrogens with one attached hydrogen (secondary N) is 1. The zero-order chi connectivity index (χ0) is 14.4. The van der Waals surface area contributed by atoms with Gasteiger partial charge in [0.25, 0.3) is 5.56 Å². The van der Waals surface area contributed by atoms with Crippen molar-refractivity contribution in [1.82, 2.24) is 9.38 Å². The van der Waals surface area contributed by atoms with E-state index in [1.165, 1.54) is 10.6 Å². The van der Waals surface area contributed by atoms with Gasteiger partial charge >= 0.3 is 0 Å². The molecule has 20 heavy (non-hydrogen) atoms. The van der Waals surface area contributed by atoms with Crippen LogP contribution in [0.15, 0.2) is 34.2 Å². The summed E-state index contributed by atoms with van der Waals surface area (Å²) in [6.07, 6.45) is 13.4. The fourth-order valence-corrected chi connectivity index (χ4v) is 1.68. The molecule has 0 amide bonds. The van der Waals surface area contributed by atoms with Crippen molar-refractivity contribution in [2.45, 2.75) is 0 Å². The third kappa shape index (κ3) is 2.68. The highest BCUT2D eigenvalue weighted by atomic mass is 16.1. The summed E-state index contributed by atoms with van der Waals surface area (Å²) in [6.45, 7) is 0.469. The summed E-state index contributed by atoms with van der Waals surface area (Å²) in [7, 11) is 0. The highest BCUT2D eigenvalue weighted by molar-refractivity contribution is 5.86. The normalized spacial score (nSPS) is 10.3. The van der Waals surface area contributed by atoms with Gasteiger partial charge in [0.15, 0.2) is 0 Å². The first kappa shape index (κ1) is 13.4. The van der Waals surface area contributed by atoms with E-state index in [-0.39, 0.29) is 18.6 Å². The number of anilines is 1. The van der Waals surface area contributed by atoms with Gasteiger partial charge in [-0.3, -0.25) is 14.2 Å². The van der Waals surface area contributed by atoms with Crippen LogP contribution in [0.4, 0.5) is 5.82 Å². The number of terminal acetylenes is 2. The number of pyridine rings is 1. The maximum Gasteiger partial charge on any atom is 0.268 e. The minimum absolute atomic E-state index is 0.200. The number of hydrogen-bond donors (Lipinski definition) is 1. The molecule has 0 fully saturated rings. The van der Waals surface area contributed by atoms with Gasteiger partial charge in [-0.15, -0.1) is 12.8 Å². The Morgan fingerprint density at radius 3 is 3.00 bits per heavy atom. The molecular weight excluding hydrogens is 252 g/mol. The van der Waals surface area contributed by atoms with E-state index in [9.17, 15) is 4.79 Å². The Kier molecular flexibility index (Phi) is 4.16. The average molecular weight is 264 g/mol. The van der Waals surface area contributed by atoms with Crippen molar-refractivity contribution in [1.29, 1.82) is 0 Å². The summed E-state index contributed by atoms with van der Waals surface area (Å²) in [5, 5.41) is 2.92. The first-order valence-corrected chi connectivity index (χ1v) is 5.90. The number of rotatable bonds is 4. The maximum absolute atomic E-state index is 12.4. The molecule has 0 spiro atoms. The molecule has 1 N–H and O–H groups in total. The van der Waals surface area contributed by atoms with E-state index < -0.39 is 0 Å². The van der Waals surface area contributed by atoms with Crippen molar-refractivity contribution in [3.63, 3.8) is 0 Å². The van der Waals surface area contributed by atoms with Crippen LogP contribution >= 0.6 is 0 Å². The van der Waals surface area contributed by atoms with Crippen LogP contribution in [-0.2, 0) is 0 Å². The molecular formula is C15H12N4O. The van der Waals surface area contributed by atoms with Gasteiger partial charge in [0, 0.05) is 12.4 Å². The van der Waals surface area contributed by atoms with Crippen molar-refractivity contribution >= 4 is 17.7 Å². The molecule has 0 saturated heterocycles. The molecule has 0 aliphatic heterocycles. The Bertz CT molecular complexity index is 790. The molecule has 98 valence electrons. The smallest absolute Gasteiger partial charge is 0.268 e. The van der Waals surface area contributed by atoms with E-state index in [4.69, 9.17) is 12.8 Å². The van der Waals surface area contributed by atoms with Gasteiger partial charge in [0.05, 0.1) is 13.1 Å². The summed E-state index contributed by atoms with van der Waals surface area (Å²) in [5.74, 6) is 5.22. The molecule has 0 radical (unpaired) electrons. The van der Waals surface area contributed by atoms with Crippen LogP contribution in [0.25, 0.3) is 5.65 Å². The molecule has 5 nitrogen and oxygen atoms in total. The van der Waals surface area contributed by atoms with E-state index >= 15 is 0 Å². The van der Waals surface area contributed by atoms with Crippen LogP contribution in [-0.4, -0.2) is 28.7 Å². The van der Waals surface area contributed by atoms with Gasteiger partial charge in [-0.25, -0.2) is 4.98 Å². The van der Waals surface area contributed by atoms with Gasteiger partial charge in [0.1, 0.15) is 17.0 Å². The number of hydrogen-bond acceptors (Lipinski definition) is 4. The Morgan fingerprint density at radius 2 is 2.25 bits per heavy atom. The first-order chi connectivity index (χ1) is 9.77. The van der Waals surface area contributed by atoms with Crippen LogP contribution in [0.3, 0.4) is 0 Å². The zero-order valence-corrected chi connectivity index (χ0v) is 10.7. The Hall–Kier alpha value is -3.05. The number of aliphatic imine (C=N–C) groups is 1. The third-order valence-corrected chi connectivity index (χ3v) is 2.53. The minimum atomic E-state index is -0.226. The SMILES string of the molecule is C#CCN=Cc1c(NCC#C)nc2ccccn2c1=O. The molecule has 0 aromatic carbocycles. The summed E-state index contributed by atoms with van der Waals surface area (Å²) >= 11 is 0. The molecule has 0 atom stereocenters. The van der Waals surface area contributed by atoms with Crippen LogP contribution in [0.5, 0.6) is 0 Å². The summed E-state index contributed by atoms with van der Waals surface area (Å²) in [4.78, 5) is 20.8. The molecule has 2 aromatic rings. The van der Waals surface area contributed by atoms with Crippen LogP contribution < -0.4 is 10.9 Å². The molecule has 0 aliphatic carbocycles. The van der Waals surface area contributed by atoms with Crippen molar-refractivity contribution in [3.05, 3.63) is 40.3 Å². The van der Waals surface area contributed by atoms with Gasteiger partial charge in [0.2, 0.25) is 0 Å². The van der Waals surface area contributed by atoms with Crippen LogP contribution in [0.1, 0.15) is 5.56 Å². The predicted octanol–water partition coefficient (Wildman–Crippen LogP) is 0.792. The second-order valence-corrected chi connectivity index (χ2v) is 3.84. The van der Waals surface area contributed by atoms with Crippen molar-refractivity contribution in [2.24, 2.45) is 4.99 Å². The Labute approximate surface area is 116 Å². The highest BCUT2D eigenvalue weighted by Crippen LogP contribution is 2.08. The molecule has 2 rings (SSSR count). The molecule has 0 saturated carbocycles. The Morgan fingerprint density at radius 1 is 1.40 bits per heavy atom. The molecule has 5 heteroatoms. The molecule has 0 unspecified atom stereocenters. The Balaban J connectivity index is 2.61. The standard InChI is InChI=1S/C15H12N4O/c1-3-8-16-11-12-14(17-9-4-2)18-13-7-5-6-10-19(13)15(12)20/h1-2,5-7,10-11,17H,8-9H2. The second kappa shape index (κ2) is 6.21. The average Bonchev–Trinajstić information content (AvgIpc) is 2.48. The summed E-state index contributed by atoms with van der Waals surface area (Å²) in [5.41, 5.74) is 0.640. The lowest BCUT2D eigenvalue weighted by atomic mass is 10.3. The van der Waals surface area contributed by atoms with Gasteiger partial charge in [-0.1, -0.05) is 17.9 Å². The molecule has 2 heterocycles. The highest BCUT2D eigenvalue weighted by Gasteiger charge is 2.09. The van der Waals surface area contributed by atoms with E-state index in [0.717, 1.165) is 0 Å². The lowest BCUT2D eigenvalue weighted by Gasteiger charge is -2.08. The molecule has 0 bridgehead atoms. The maximum atomic E-state index is 12.4. The monoisotopic (exact) mass is 264 g/mol. The third-order valence-electron chi connectivity index (χ3n) is 2.53. The largest absolute Gasteiger partial charge is 0.358 e. The fourth-order valence-electron chi connectivity index (χ4n) is 1.68. The van der Waals surface area contributed by atoms with Crippen molar-refractivity contribution in [3.8, 4) is 24.7 Å². The predicted molar refractivity (Wildman–Crippen MR) is 80.1 cm³/mol. The fraction of sp³-hybridized carbons (Fsp3) is 0.133. The van der Waals surface area contributed by atoms with E-state index in [1.807, 2.05) is 0 Å². The van der Waals surface area contributed by atoms with Crippen molar-refractivity contribution in [2.75, 3.05) is 18.4 Å². The molecule has 0 aliphatic rings. The van der Waals surface area contributed by atoms with Crippen LogP contribution in [0.2, 0.25) is 0 Å². The lowest BCUT2D eigenvalue weighted by Crippen LogP contribution is -2.22. The number of nitrogens with zero attached hydrogens (tertiary/aromatic N) is 3. The summed E-state index contributed by atoms with van der Waals surface area (Å²) in [6, 6.07) is 5.30. The number of aromatic nitrogens is 2. The lowest BCUT2D eigenvalue weighted by molar-refractivity contribution is 1.03. The van der Waals surface area contributed by atoms with Gasteiger partial charge in [-0.05, 0) is 12.1 Å². The zero-order valence-electron chi connectivity index (χ0n) is 10.7. The van der Waals surface area contributed by atoms with Crippen LogP contribution in [0, 0.1) is 24.7 Å². The number of fused-ring (bicyclic) bond motifs is 1. The topological polar surface area (TPSA) is 58.8 Å². The van der Waals surface area contributed by atoms with E-state index in [0.29, 0.717) is 17.0 Å². The first-order valence-electron chi connectivity index (χ1n) is 5.90. The van der Waals surface area contributed by atoms with E-state index in [2.05, 4.69) is 27.1 Å². The quantitative estimate of drug-likeness (QED) is 0.656. The minimum Gasteiger partial charge on any atom is -0.358 e. The van der Waals surface area contributed by atoms with Gasteiger partial charge < -0.3 is 5.32 Å². The van der Waals surface area contributed by atoms with E-state index in [1.54, 1.807) is 24.4 Å². The van der Waals surface area contributed by atoms with Crippen molar-refractivity contribution < 1.29 is 0 Å². The second-order valence-electron chi connectivity index (χ2n) is 3.84. The summed E-state index contributed by atoms with van der Waals surface area (Å²) < 4.78 is 1.44. The molecule has 2 aromatic heterocycles. The van der Waals surface area contributed by atoms with Gasteiger partial charge in [-0.2, -0.15) is 0 Å².